The SMILES string of the molecule is Cc1nc(CN2CCC[C@@H](O)C2)c2cc(C3CCCCC3)sc2n1. The highest BCUT2D eigenvalue weighted by atomic mass is 32.1. The smallest absolute Gasteiger partial charge is 0.127 e. The van der Waals surface area contributed by atoms with Crippen molar-refractivity contribution in [2.45, 2.75) is 70.4 Å². The molecule has 24 heavy (non-hydrogen) atoms. The molecule has 130 valence electrons. The van der Waals surface area contributed by atoms with E-state index in [1.54, 1.807) is 0 Å². The highest BCUT2D eigenvalue weighted by Gasteiger charge is 2.22. The molecular formula is C19H27N3OS. The third kappa shape index (κ3) is 3.48. The lowest BCUT2D eigenvalue weighted by molar-refractivity contribution is 0.0664. The number of thiophene rings is 1. The molecule has 2 aromatic rings. The first-order valence-corrected chi connectivity index (χ1v) is 10.2. The third-order valence-corrected chi connectivity index (χ3v) is 6.66. The van der Waals surface area contributed by atoms with Gasteiger partial charge in [-0.15, -0.1) is 11.3 Å². The molecule has 1 aliphatic heterocycles. The first-order chi connectivity index (χ1) is 11.7. The number of nitrogens with zero attached hydrogens (tertiary/aromatic N) is 3. The van der Waals surface area contributed by atoms with Gasteiger partial charge in [0, 0.05) is 23.4 Å². The molecule has 1 atom stereocenters. The van der Waals surface area contributed by atoms with E-state index in [1.807, 2.05) is 18.3 Å². The minimum atomic E-state index is -0.183. The van der Waals surface area contributed by atoms with E-state index >= 15 is 0 Å². The summed E-state index contributed by atoms with van der Waals surface area (Å²) in [5, 5.41) is 11.2. The molecule has 0 bridgehead atoms. The Bertz CT molecular complexity index is 708. The van der Waals surface area contributed by atoms with E-state index in [-0.39, 0.29) is 6.10 Å². The van der Waals surface area contributed by atoms with Crippen molar-refractivity contribution in [2.24, 2.45) is 0 Å². The van der Waals surface area contributed by atoms with Gasteiger partial charge in [-0.1, -0.05) is 19.3 Å². The maximum atomic E-state index is 9.93. The molecule has 2 aliphatic rings. The highest BCUT2D eigenvalue weighted by molar-refractivity contribution is 7.18. The fraction of sp³-hybridized carbons (Fsp3) is 0.684. The molecule has 0 spiro atoms. The lowest BCUT2D eigenvalue weighted by atomic mass is 9.88. The van der Waals surface area contributed by atoms with Crippen LogP contribution in [0.5, 0.6) is 0 Å². The Labute approximate surface area is 147 Å². The van der Waals surface area contributed by atoms with Crippen molar-refractivity contribution in [3.63, 3.8) is 0 Å². The first kappa shape index (κ1) is 16.4. The zero-order valence-electron chi connectivity index (χ0n) is 14.5. The molecule has 3 heterocycles. The van der Waals surface area contributed by atoms with Gasteiger partial charge < -0.3 is 5.11 Å². The molecule has 0 amide bonds. The van der Waals surface area contributed by atoms with Gasteiger partial charge in [-0.25, -0.2) is 9.97 Å². The van der Waals surface area contributed by atoms with Crippen LogP contribution in [-0.4, -0.2) is 39.2 Å². The predicted molar refractivity (Wildman–Crippen MR) is 98.5 cm³/mol. The molecular weight excluding hydrogens is 318 g/mol. The number of β-amino-alcohol motifs (C(OH)–C–C–N with tert-alkyl or cyclic N) is 1. The standard InChI is InChI=1S/C19H27N3OS/c1-13-20-17(12-22-9-5-8-15(23)11-22)16-10-18(24-19(16)21-13)14-6-3-2-4-7-14/h10,14-15,23H,2-9,11-12H2,1H3/t15-/m1/s1. The van der Waals surface area contributed by atoms with Gasteiger partial charge in [0.25, 0.3) is 0 Å². The van der Waals surface area contributed by atoms with Crippen molar-refractivity contribution in [1.29, 1.82) is 0 Å². The number of fused-ring (bicyclic) bond motifs is 1. The van der Waals surface area contributed by atoms with Gasteiger partial charge in [-0.2, -0.15) is 0 Å². The van der Waals surface area contributed by atoms with E-state index in [2.05, 4.69) is 11.0 Å². The number of aliphatic hydroxyl groups excluding tert-OH is 1. The van der Waals surface area contributed by atoms with Crippen LogP contribution in [0.4, 0.5) is 0 Å². The number of piperidine rings is 1. The fourth-order valence-corrected chi connectivity index (χ4v) is 5.48. The van der Waals surface area contributed by atoms with Crippen molar-refractivity contribution in [3.8, 4) is 0 Å². The third-order valence-electron chi connectivity index (χ3n) is 5.46. The lowest BCUT2D eigenvalue weighted by Gasteiger charge is -2.29. The predicted octanol–water partition coefficient (Wildman–Crippen LogP) is 4.00. The average Bonchev–Trinajstić information content (AvgIpc) is 3.00. The molecule has 4 rings (SSSR count). The Kier molecular flexibility index (Phi) is 4.83. The molecule has 2 aromatic heterocycles. The van der Waals surface area contributed by atoms with E-state index in [9.17, 15) is 5.11 Å². The van der Waals surface area contributed by atoms with E-state index in [4.69, 9.17) is 9.97 Å². The van der Waals surface area contributed by atoms with Crippen LogP contribution in [0.3, 0.4) is 0 Å². The first-order valence-electron chi connectivity index (χ1n) is 9.36. The largest absolute Gasteiger partial charge is 0.392 e. The number of likely N-dealkylation sites (tertiary alicyclic amines) is 1. The quantitative estimate of drug-likeness (QED) is 0.913. The van der Waals surface area contributed by atoms with E-state index in [1.165, 1.54) is 42.4 Å². The van der Waals surface area contributed by atoms with Crippen LogP contribution in [-0.2, 0) is 6.54 Å². The van der Waals surface area contributed by atoms with Gasteiger partial charge in [0.2, 0.25) is 0 Å². The summed E-state index contributed by atoms with van der Waals surface area (Å²) in [6, 6.07) is 2.37. The summed E-state index contributed by atoms with van der Waals surface area (Å²) in [7, 11) is 0. The molecule has 5 heteroatoms. The van der Waals surface area contributed by atoms with Gasteiger partial charge in [0.1, 0.15) is 10.7 Å². The van der Waals surface area contributed by atoms with Crippen molar-refractivity contribution in [3.05, 3.63) is 22.5 Å². The minimum absolute atomic E-state index is 0.183. The number of aryl methyl sites for hydroxylation is 1. The van der Waals surface area contributed by atoms with Crippen molar-refractivity contribution in [2.75, 3.05) is 13.1 Å². The van der Waals surface area contributed by atoms with E-state index in [0.29, 0.717) is 0 Å². The van der Waals surface area contributed by atoms with Crippen LogP contribution in [0, 0.1) is 6.92 Å². The van der Waals surface area contributed by atoms with Crippen LogP contribution < -0.4 is 0 Å². The van der Waals surface area contributed by atoms with Gasteiger partial charge in [0.05, 0.1) is 11.8 Å². The van der Waals surface area contributed by atoms with Crippen molar-refractivity contribution in [1.82, 2.24) is 14.9 Å². The summed E-state index contributed by atoms with van der Waals surface area (Å²) in [5.74, 6) is 1.59. The van der Waals surface area contributed by atoms with Crippen LogP contribution in [0.2, 0.25) is 0 Å². The second-order valence-electron chi connectivity index (χ2n) is 7.45. The van der Waals surface area contributed by atoms with Crippen molar-refractivity contribution >= 4 is 21.6 Å². The number of aliphatic hydroxyl groups is 1. The summed E-state index contributed by atoms with van der Waals surface area (Å²) >= 11 is 1.88. The molecule has 1 N–H and O–H groups in total. The Morgan fingerprint density at radius 1 is 1.17 bits per heavy atom. The average molecular weight is 346 g/mol. The molecule has 4 nitrogen and oxygen atoms in total. The number of aromatic nitrogens is 2. The zero-order valence-corrected chi connectivity index (χ0v) is 15.3. The molecule has 0 aromatic carbocycles. The maximum absolute atomic E-state index is 9.93. The summed E-state index contributed by atoms with van der Waals surface area (Å²) in [6.07, 6.45) is 8.59. The second-order valence-corrected chi connectivity index (χ2v) is 8.51. The lowest BCUT2D eigenvalue weighted by Crippen LogP contribution is -2.37. The maximum Gasteiger partial charge on any atom is 0.127 e. The topological polar surface area (TPSA) is 49.2 Å². The van der Waals surface area contributed by atoms with Gasteiger partial charge in [0.15, 0.2) is 0 Å². The normalized spacial score (nSPS) is 23.8. The summed E-state index contributed by atoms with van der Waals surface area (Å²) in [6.45, 7) is 4.65. The highest BCUT2D eigenvalue weighted by Crippen LogP contribution is 2.39. The molecule has 2 fully saturated rings. The zero-order chi connectivity index (χ0) is 16.5. The van der Waals surface area contributed by atoms with E-state index < -0.39 is 0 Å². The monoisotopic (exact) mass is 345 g/mol. The molecule has 1 aliphatic carbocycles. The summed E-state index contributed by atoms with van der Waals surface area (Å²) in [4.78, 5) is 14.4. The number of hydrogen-bond acceptors (Lipinski definition) is 5. The molecule has 1 saturated carbocycles. The Balaban J connectivity index is 1.62. The fourth-order valence-electron chi connectivity index (χ4n) is 4.21. The second kappa shape index (κ2) is 7.06. The van der Waals surface area contributed by atoms with Crippen LogP contribution >= 0.6 is 11.3 Å². The van der Waals surface area contributed by atoms with Crippen LogP contribution in [0.1, 0.15) is 67.3 Å². The summed E-state index contributed by atoms with van der Waals surface area (Å²) in [5.41, 5.74) is 1.14. The van der Waals surface area contributed by atoms with Gasteiger partial charge >= 0.3 is 0 Å². The number of rotatable bonds is 3. The molecule has 0 radical (unpaired) electrons. The molecule has 1 saturated heterocycles. The Hall–Kier alpha value is -1.04. The van der Waals surface area contributed by atoms with Crippen LogP contribution in [0.15, 0.2) is 6.07 Å². The molecule has 0 unspecified atom stereocenters. The van der Waals surface area contributed by atoms with Crippen molar-refractivity contribution < 1.29 is 5.11 Å². The summed E-state index contributed by atoms with van der Waals surface area (Å²) < 4.78 is 0. The number of hydrogen-bond donors (Lipinski definition) is 1. The Morgan fingerprint density at radius 3 is 2.79 bits per heavy atom. The Morgan fingerprint density at radius 2 is 2.00 bits per heavy atom. The van der Waals surface area contributed by atoms with Gasteiger partial charge in [-0.05, 0) is 51.1 Å². The van der Waals surface area contributed by atoms with E-state index in [0.717, 1.165) is 54.7 Å². The van der Waals surface area contributed by atoms with Crippen LogP contribution in [0.25, 0.3) is 10.2 Å². The van der Waals surface area contributed by atoms with Gasteiger partial charge in [-0.3, -0.25) is 4.90 Å². The minimum Gasteiger partial charge on any atom is -0.392 e.